The zero-order chi connectivity index (χ0) is 20.3. The van der Waals surface area contributed by atoms with Crippen molar-refractivity contribution in [1.29, 1.82) is 0 Å². The van der Waals surface area contributed by atoms with Crippen molar-refractivity contribution < 1.29 is 54.8 Å². The molecule has 2 aliphatic rings. The van der Waals surface area contributed by atoms with E-state index in [2.05, 4.69) is 5.32 Å². The first-order valence-electron chi connectivity index (χ1n) is 8.18. The van der Waals surface area contributed by atoms with Crippen molar-refractivity contribution in [1.82, 2.24) is 5.32 Å². The summed E-state index contributed by atoms with van der Waals surface area (Å²) in [6, 6.07) is 0. The van der Waals surface area contributed by atoms with Crippen LogP contribution in [0, 0.1) is 0 Å². The Morgan fingerprint density at radius 2 is 1.48 bits per heavy atom. The zero-order valence-electron chi connectivity index (χ0n) is 14.0. The number of hydrogen-bond donors (Lipinski definition) is 8. The van der Waals surface area contributed by atoms with E-state index in [0.29, 0.717) is 0 Å². The predicted molar refractivity (Wildman–Crippen MR) is 93.4 cm³/mol. The summed E-state index contributed by atoms with van der Waals surface area (Å²) in [5.74, 6) is -0.461. The molecule has 12 nitrogen and oxygen atoms in total. The highest BCUT2D eigenvalue weighted by Crippen LogP contribution is 2.25. The summed E-state index contributed by atoms with van der Waals surface area (Å²) in [4.78, 5) is 11.5. The summed E-state index contributed by atoms with van der Waals surface area (Å²) >= 11 is 1.79. The van der Waals surface area contributed by atoms with Gasteiger partial charge in [0.25, 0.3) is 0 Å². The third-order valence-electron chi connectivity index (χ3n) is 4.41. The van der Waals surface area contributed by atoms with Crippen LogP contribution in [0.15, 0.2) is 0 Å². The van der Waals surface area contributed by atoms with Crippen LogP contribution in [0.5, 0.6) is 0 Å². The van der Waals surface area contributed by atoms with Gasteiger partial charge in [-0.3, -0.25) is 4.79 Å². The fraction of sp³-hybridized carbons (Fsp3) is 0.929. The molecule has 2 fully saturated rings. The normalized spacial score (nSPS) is 45.5. The number of halogens is 1. The van der Waals surface area contributed by atoms with Crippen molar-refractivity contribution >= 4 is 28.5 Å². The van der Waals surface area contributed by atoms with Crippen molar-refractivity contribution in [3.63, 3.8) is 0 Å². The molecular formula is C14H24INO11. The summed E-state index contributed by atoms with van der Waals surface area (Å²) < 4.78 is 15.9. The second-order valence-corrected chi connectivity index (χ2v) is 7.06. The summed E-state index contributed by atoms with van der Waals surface area (Å²) in [6.45, 7) is -1.09. The van der Waals surface area contributed by atoms with E-state index in [4.69, 9.17) is 19.3 Å². The minimum absolute atomic E-state index is 0.0784. The van der Waals surface area contributed by atoms with Crippen molar-refractivity contribution in [2.45, 2.75) is 61.3 Å². The maximum Gasteiger partial charge on any atom is 0.231 e. The lowest BCUT2D eigenvalue weighted by molar-refractivity contribution is -0.314. The van der Waals surface area contributed by atoms with E-state index < -0.39 is 80.5 Å². The molecule has 2 aliphatic heterocycles. The Morgan fingerprint density at radius 1 is 0.889 bits per heavy atom. The van der Waals surface area contributed by atoms with Gasteiger partial charge in [-0.2, -0.15) is 0 Å². The van der Waals surface area contributed by atoms with Gasteiger partial charge in [0, 0.05) is 0 Å². The van der Waals surface area contributed by atoms with E-state index in [1.54, 1.807) is 22.6 Å². The van der Waals surface area contributed by atoms with Crippen LogP contribution in [0.2, 0.25) is 0 Å². The fourth-order valence-electron chi connectivity index (χ4n) is 2.80. The summed E-state index contributed by atoms with van der Waals surface area (Å²) in [7, 11) is 0. The highest BCUT2D eigenvalue weighted by atomic mass is 127. The van der Waals surface area contributed by atoms with Gasteiger partial charge in [0.1, 0.15) is 48.8 Å². The van der Waals surface area contributed by atoms with Gasteiger partial charge in [-0.25, -0.2) is 0 Å². The smallest absolute Gasteiger partial charge is 0.231 e. The maximum absolute atomic E-state index is 11.5. The zero-order valence-corrected chi connectivity index (χ0v) is 16.2. The molecule has 0 aromatic carbocycles. The third kappa shape index (κ3) is 5.24. The number of aliphatic hydroxyl groups excluding tert-OH is 7. The van der Waals surface area contributed by atoms with Gasteiger partial charge >= 0.3 is 0 Å². The highest BCUT2D eigenvalue weighted by Gasteiger charge is 2.47. The number of rotatable bonds is 6. The monoisotopic (exact) mass is 509 g/mol. The van der Waals surface area contributed by atoms with Crippen LogP contribution in [0.3, 0.4) is 0 Å². The Morgan fingerprint density at radius 3 is 2.07 bits per heavy atom. The van der Waals surface area contributed by atoms with Crippen LogP contribution in [-0.2, 0) is 19.0 Å². The van der Waals surface area contributed by atoms with Crippen LogP contribution in [0.25, 0.3) is 0 Å². The maximum atomic E-state index is 11.5. The number of carbonyl (C=O) groups is 1. The predicted octanol–water partition coefficient (Wildman–Crippen LogP) is -4.84. The second kappa shape index (κ2) is 10.0. The summed E-state index contributed by atoms with van der Waals surface area (Å²) in [6.07, 6.45) is -14.8. The lowest BCUT2D eigenvalue weighted by Crippen LogP contribution is -2.64. The standard InChI is InChI=1S/C14H24INO11/c15-1-6(18)16-13-11(23)9(21)8(20)5(26-13)3-25-14-12(24)10(22)7(19)4(2-17)27-14/h4-5,7-14,17,19-24H,1-3H2,(H,16,18)/t4?,5?,7-,8-,9+,10+,11?,12?,13-,14-/m1/s1. The van der Waals surface area contributed by atoms with Gasteiger partial charge in [0.2, 0.25) is 5.91 Å². The Balaban J connectivity index is 1.99. The van der Waals surface area contributed by atoms with Crippen LogP contribution in [0.1, 0.15) is 0 Å². The Hall–Kier alpha value is -0.200. The number of ether oxygens (including phenoxy) is 3. The molecule has 0 spiro atoms. The van der Waals surface area contributed by atoms with Crippen molar-refractivity contribution in [3.05, 3.63) is 0 Å². The quantitative estimate of drug-likeness (QED) is 0.126. The summed E-state index contributed by atoms with van der Waals surface area (Å²) in [5.41, 5.74) is 0. The molecule has 8 N–H and O–H groups in total. The Kier molecular flexibility index (Phi) is 8.56. The average Bonchev–Trinajstić information content (AvgIpc) is 2.66. The molecular weight excluding hydrogens is 485 g/mol. The molecule has 2 saturated heterocycles. The van der Waals surface area contributed by atoms with Crippen LogP contribution >= 0.6 is 22.6 Å². The fourth-order valence-corrected chi connectivity index (χ4v) is 3.02. The highest BCUT2D eigenvalue weighted by molar-refractivity contribution is 14.1. The van der Waals surface area contributed by atoms with E-state index >= 15 is 0 Å². The molecule has 10 atom stereocenters. The first-order chi connectivity index (χ1) is 12.7. The number of carbonyl (C=O) groups excluding carboxylic acids is 1. The third-order valence-corrected chi connectivity index (χ3v) is 5.10. The van der Waals surface area contributed by atoms with Gasteiger partial charge < -0.3 is 55.3 Å². The number of alkyl halides is 1. The molecule has 0 saturated carbocycles. The molecule has 13 heteroatoms. The molecule has 0 aliphatic carbocycles. The molecule has 2 rings (SSSR count). The molecule has 27 heavy (non-hydrogen) atoms. The van der Waals surface area contributed by atoms with Crippen LogP contribution < -0.4 is 5.32 Å². The van der Waals surface area contributed by atoms with Gasteiger partial charge in [-0.15, -0.1) is 0 Å². The molecule has 158 valence electrons. The lowest BCUT2D eigenvalue weighted by Gasteiger charge is -2.42. The SMILES string of the molecule is O=C(CI)N[C@@H]1OC(CO[C@@H]2OC(CO)[C@@H](O)[C@H](O)C2O)[C@@H](O)[C@H](O)C1O. The minimum atomic E-state index is -1.64. The number of hydrogen-bond acceptors (Lipinski definition) is 11. The topological polar surface area (TPSA) is 198 Å². The van der Waals surface area contributed by atoms with E-state index in [9.17, 15) is 35.4 Å². The number of amides is 1. The molecule has 4 unspecified atom stereocenters. The van der Waals surface area contributed by atoms with Crippen molar-refractivity contribution in [3.8, 4) is 0 Å². The first-order valence-corrected chi connectivity index (χ1v) is 9.70. The number of nitrogens with one attached hydrogen (secondary N) is 1. The van der Waals surface area contributed by atoms with E-state index in [1.165, 1.54) is 0 Å². The van der Waals surface area contributed by atoms with Gasteiger partial charge in [0.05, 0.1) is 17.6 Å². The second-order valence-electron chi connectivity index (χ2n) is 6.30. The van der Waals surface area contributed by atoms with Crippen LogP contribution in [-0.4, -0.2) is 121 Å². The van der Waals surface area contributed by atoms with E-state index in [1.807, 2.05) is 0 Å². The van der Waals surface area contributed by atoms with Crippen LogP contribution in [0.4, 0.5) is 0 Å². The average molecular weight is 509 g/mol. The Labute approximate surface area is 167 Å². The van der Waals surface area contributed by atoms with E-state index in [0.717, 1.165) is 0 Å². The Bertz CT molecular complexity index is 498. The summed E-state index contributed by atoms with van der Waals surface area (Å²) in [5, 5.41) is 70.8. The molecule has 0 bridgehead atoms. The number of aliphatic hydroxyl groups is 7. The minimum Gasteiger partial charge on any atom is -0.394 e. The molecule has 0 aromatic heterocycles. The van der Waals surface area contributed by atoms with Crippen molar-refractivity contribution in [2.75, 3.05) is 17.6 Å². The molecule has 2 heterocycles. The van der Waals surface area contributed by atoms with Gasteiger partial charge in [0.15, 0.2) is 12.5 Å². The largest absolute Gasteiger partial charge is 0.394 e. The van der Waals surface area contributed by atoms with E-state index in [-0.39, 0.29) is 4.43 Å². The van der Waals surface area contributed by atoms with Gasteiger partial charge in [-0.05, 0) is 0 Å². The van der Waals surface area contributed by atoms with Crippen molar-refractivity contribution in [2.24, 2.45) is 0 Å². The molecule has 0 radical (unpaired) electrons. The van der Waals surface area contributed by atoms with Gasteiger partial charge in [-0.1, -0.05) is 22.6 Å². The first kappa shape index (κ1) is 23.1. The lowest BCUT2D eigenvalue weighted by atomic mass is 9.98. The molecule has 0 aromatic rings. The molecule has 1 amide bonds.